The third-order valence-electron chi connectivity index (χ3n) is 2.52. The lowest BCUT2D eigenvalue weighted by Crippen LogP contribution is -2.26. The molecule has 0 unspecified atom stereocenters. The first-order valence-electron chi connectivity index (χ1n) is 5.34. The van der Waals surface area contributed by atoms with Crippen LogP contribution in [0.1, 0.15) is 17.5 Å². The van der Waals surface area contributed by atoms with Crippen molar-refractivity contribution in [2.75, 3.05) is 5.75 Å². The maximum atomic E-state index is 12.7. The summed E-state index contributed by atoms with van der Waals surface area (Å²) in [5.74, 6) is 0.760. The van der Waals surface area contributed by atoms with Crippen molar-refractivity contribution in [3.63, 3.8) is 0 Å². The van der Waals surface area contributed by atoms with Gasteiger partial charge in [-0.15, -0.1) is 11.8 Å². The predicted molar refractivity (Wildman–Crippen MR) is 73.2 cm³/mol. The third-order valence-corrected chi connectivity index (χ3v) is 3.68. The van der Waals surface area contributed by atoms with Crippen LogP contribution in [-0.4, -0.2) is 16.6 Å². The van der Waals surface area contributed by atoms with Gasteiger partial charge in [0.1, 0.15) is 0 Å². The Bertz CT molecular complexity index is 540. The Balaban J connectivity index is 2.41. The lowest BCUT2D eigenvalue weighted by atomic mass is 10.0. The van der Waals surface area contributed by atoms with E-state index in [9.17, 15) is 13.2 Å². The second kappa shape index (κ2) is 5.38. The molecule has 0 aromatic heterocycles. The highest BCUT2D eigenvalue weighted by atomic mass is 32.2. The fourth-order valence-corrected chi connectivity index (χ4v) is 2.75. The van der Waals surface area contributed by atoms with Crippen LogP contribution < -0.4 is 11.2 Å². The van der Waals surface area contributed by atoms with Crippen LogP contribution in [0.5, 0.6) is 0 Å². The van der Waals surface area contributed by atoms with Gasteiger partial charge in [0.05, 0.1) is 11.3 Å². The Kier molecular flexibility index (Phi) is 4.00. The molecule has 0 saturated carbocycles. The van der Waals surface area contributed by atoms with Crippen LogP contribution >= 0.6 is 24.0 Å². The number of rotatable bonds is 1. The maximum Gasteiger partial charge on any atom is 0.416 e. The van der Waals surface area contributed by atoms with Gasteiger partial charge in [0.15, 0.2) is 5.11 Å². The number of hydrazone groups is 1. The minimum absolute atomic E-state index is 0.0146. The number of hydrogen-bond acceptors (Lipinski definition) is 3. The molecule has 8 heteroatoms. The zero-order valence-electron chi connectivity index (χ0n) is 9.62. The molecule has 1 aliphatic heterocycles. The summed E-state index contributed by atoms with van der Waals surface area (Å²) in [5.41, 5.74) is 8.01. The van der Waals surface area contributed by atoms with Crippen molar-refractivity contribution in [3.8, 4) is 0 Å². The van der Waals surface area contributed by atoms with Crippen molar-refractivity contribution in [1.29, 1.82) is 0 Å². The maximum absolute atomic E-state index is 12.7. The van der Waals surface area contributed by atoms with Crippen LogP contribution in [0.2, 0.25) is 0 Å². The number of hydrogen-bond donors (Lipinski definition) is 2. The minimum Gasteiger partial charge on any atom is -0.375 e. The molecule has 3 nitrogen and oxygen atoms in total. The van der Waals surface area contributed by atoms with Crippen molar-refractivity contribution in [2.24, 2.45) is 10.8 Å². The average Bonchev–Trinajstić information content (AvgIpc) is 2.34. The molecule has 0 aliphatic carbocycles. The minimum atomic E-state index is -4.36. The first kappa shape index (κ1) is 14.1. The van der Waals surface area contributed by atoms with E-state index in [1.807, 2.05) is 0 Å². The Labute approximate surface area is 117 Å². The van der Waals surface area contributed by atoms with Gasteiger partial charge in [0.25, 0.3) is 0 Å². The fourth-order valence-electron chi connectivity index (χ4n) is 1.69. The van der Waals surface area contributed by atoms with Crippen molar-refractivity contribution in [1.82, 2.24) is 5.43 Å². The molecule has 0 radical (unpaired) electrons. The number of nitrogens with two attached hydrogens (primary N) is 1. The molecule has 0 atom stereocenters. The Hall–Kier alpha value is -1.28. The molecule has 1 heterocycles. The molecule has 0 bridgehead atoms. The average molecular weight is 305 g/mol. The number of nitrogens with zero attached hydrogens (tertiary/aromatic N) is 1. The third kappa shape index (κ3) is 3.38. The Morgan fingerprint density at radius 2 is 2.16 bits per heavy atom. The predicted octanol–water partition coefficient (Wildman–Crippen LogP) is 2.74. The summed E-state index contributed by atoms with van der Waals surface area (Å²) >= 11 is 6.13. The number of nitrogens with one attached hydrogen (secondary N) is 1. The lowest BCUT2D eigenvalue weighted by Gasteiger charge is -2.19. The van der Waals surface area contributed by atoms with Gasteiger partial charge >= 0.3 is 6.18 Å². The number of thioether (sulfide) groups is 1. The molecule has 0 fully saturated rings. The summed E-state index contributed by atoms with van der Waals surface area (Å²) in [6.07, 6.45) is -3.80. The van der Waals surface area contributed by atoms with Gasteiger partial charge < -0.3 is 5.73 Å². The van der Waals surface area contributed by atoms with Crippen LogP contribution in [0.25, 0.3) is 0 Å². The quantitative estimate of drug-likeness (QED) is 0.619. The van der Waals surface area contributed by atoms with E-state index in [2.05, 4.69) is 22.7 Å². The van der Waals surface area contributed by atoms with E-state index in [0.29, 0.717) is 17.7 Å². The monoisotopic (exact) mass is 305 g/mol. The number of fused-ring (bicyclic) bond motifs is 1. The van der Waals surface area contributed by atoms with E-state index in [-0.39, 0.29) is 5.11 Å². The lowest BCUT2D eigenvalue weighted by molar-refractivity contribution is -0.137. The van der Waals surface area contributed by atoms with Gasteiger partial charge in [-0.1, -0.05) is 0 Å². The van der Waals surface area contributed by atoms with Crippen molar-refractivity contribution < 1.29 is 13.2 Å². The van der Waals surface area contributed by atoms with Crippen molar-refractivity contribution in [3.05, 3.63) is 29.3 Å². The van der Waals surface area contributed by atoms with Crippen LogP contribution in [0.15, 0.2) is 28.2 Å². The van der Waals surface area contributed by atoms with E-state index in [1.54, 1.807) is 0 Å². The smallest absolute Gasteiger partial charge is 0.375 e. The summed E-state index contributed by atoms with van der Waals surface area (Å²) in [7, 11) is 0. The van der Waals surface area contributed by atoms with E-state index < -0.39 is 11.7 Å². The summed E-state index contributed by atoms with van der Waals surface area (Å²) in [5, 5.41) is 3.95. The summed E-state index contributed by atoms with van der Waals surface area (Å²) < 4.78 is 38.1. The molecule has 1 aromatic rings. The number of thiocarbonyl (C=S) groups is 1. The molecule has 1 aliphatic rings. The van der Waals surface area contributed by atoms with Gasteiger partial charge in [-0.2, -0.15) is 18.3 Å². The van der Waals surface area contributed by atoms with Gasteiger partial charge in [0, 0.05) is 22.6 Å². The van der Waals surface area contributed by atoms with E-state index in [4.69, 9.17) is 5.73 Å². The molecule has 102 valence electrons. The summed E-state index contributed by atoms with van der Waals surface area (Å²) in [6.45, 7) is 0. The van der Waals surface area contributed by atoms with Gasteiger partial charge in [-0.3, -0.25) is 5.43 Å². The zero-order valence-corrected chi connectivity index (χ0v) is 11.3. The normalized spacial score (nSPS) is 17.1. The summed E-state index contributed by atoms with van der Waals surface area (Å²) in [6, 6.07) is 3.66. The zero-order chi connectivity index (χ0) is 14.0. The molecule has 2 rings (SSSR count). The molecular weight excluding hydrogens is 295 g/mol. The first-order chi connectivity index (χ1) is 8.88. The standard InChI is InChI=1S/C11H10F3N3S2/c12-11(13,14)6-1-2-9-7(5-6)8(3-4-19-9)16-17-10(15)18/h1-2,5H,3-4H2,(H3,15,17,18)/b16-8+. The molecule has 19 heavy (non-hydrogen) atoms. The molecule has 0 amide bonds. The molecule has 3 N–H and O–H groups in total. The second-order valence-corrected chi connectivity index (χ2v) is 5.42. The van der Waals surface area contributed by atoms with Gasteiger partial charge in [0.2, 0.25) is 0 Å². The van der Waals surface area contributed by atoms with Crippen molar-refractivity contribution in [2.45, 2.75) is 17.5 Å². The van der Waals surface area contributed by atoms with Gasteiger partial charge in [-0.05, 0) is 30.4 Å². The molecule has 0 spiro atoms. The summed E-state index contributed by atoms with van der Waals surface area (Å²) in [4.78, 5) is 0.780. The molecular formula is C11H10F3N3S2. The van der Waals surface area contributed by atoms with Crippen LogP contribution in [-0.2, 0) is 6.18 Å². The number of benzene rings is 1. The molecule has 1 aromatic carbocycles. The Morgan fingerprint density at radius 3 is 2.79 bits per heavy atom. The van der Waals surface area contributed by atoms with Gasteiger partial charge in [-0.25, -0.2) is 0 Å². The van der Waals surface area contributed by atoms with Crippen molar-refractivity contribution >= 4 is 34.8 Å². The van der Waals surface area contributed by atoms with Crippen LogP contribution in [0, 0.1) is 0 Å². The fraction of sp³-hybridized carbons (Fsp3) is 0.273. The van der Waals surface area contributed by atoms with Crippen LogP contribution in [0.3, 0.4) is 0 Å². The Morgan fingerprint density at radius 1 is 1.42 bits per heavy atom. The highest BCUT2D eigenvalue weighted by Crippen LogP contribution is 2.36. The number of halogens is 3. The first-order valence-corrected chi connectivity index (χ1v) is 6.74. The topological polar surface area (TPSA) is 50.4 Å². The highest BCUT2D eigenvalue weighted by molar-refractivity contribution is 7.99. The van der Waals surface area contributed by atoms with E-state index in [1.165, 1.54) is 17.8 Å². The van der Waals surface area contributed by atoms with E-state index in [0.717, 1.165) is 22.8 Å². The second-order valence-electron chi connectivity index (χ2n) is 3.84. The molecule has 0 saturated heterocycles. The highest BCUT2D eigenvalue weighted by Gasteiger charge is 2.32. The SMILES string of the molecule is NC(=S)N/N=C1\CCSc2ccc(C(F)(F)F)cc21. The number of alkyl halides is 3. The largest absolute Gasteiger partial charge is 0.416 e. The van der Waals surface area contributed by atoms with E-state index >= 15 is 0 Å². The van der Waals surface area contributed by atoms with Crippen LogP contribution in [0.4, 0.5) is 13.2 Å².